The minimum atomic E-state index is -0.0305. The van der Waals surface area contributed by atoms with E-state index in [4.69, 9.17) is 4.74 Å². The Kier molecular flexibility index (Phi) is 27.1. The first-order valence-electron chi connectivity index (χ1n) is 15.5. The summed E-state index contributed by atoms with van der Waals surface area (Å²) in [6, 6.07) is 0. The van der Waals surface area contributed by atoms with Crippen molar-refractivity contribution in [3.05, 3.63) is 12.2 Å². The minimum Gasteiger partial charge on any atom is -0.461 e. The second kappa shape index (κ2) is 27.8. The van der Waals surface area contributed by atoms with Gasteiger partial charge in [0.1, 0.15) is 6.61 Å². The second-order valence-electron chi connectivity index (χ2n) is 11.0. The molecular weight excluding hydrogens is 430 g/mol. The van der Waals surface area contributed by atoms with Crippen molar-refractivity contribution in [3.8, 4) is 0 Å². The summed E-state index contributed by atoms with van der Waals surface area (Å²) in [4.78, 5) is 14.3. The molecule has 1 unspecified atom stereocenters. The second-order valence-corrected chi connectivity index (χ2v) is 11.0. The molecule has 0 saturated carbocycles. The van der Waals surface area contributed by atoms with Crippen molar-refractivity contribution in [1.29, 1.82) is 0 Å². The summed E-state index contributed by atoms with van der Waals surface area (Å²) in [5, 5.41) is 0. The number of rotatable bonds is 27. The predicted octanol–water partition coefficient (Wildman–Crippen LogP) is 9.89. The van der Waals surface area contributed by atoms with Gasteiger partial charge in [-0.2, -0.15) is 0 Å². The monoisotopic (exact) mass is 493 g/mol. The highest BCUT2D eigenvalue weighted by Crippen LogP contribution is 2.22. The Balaban J connectivity index is 3.72. The molecule has 3 nitrogen and oxygen atoms in total. The van der Waals surface area contributed by atoms with Crippen molar-refractivity contribution in [1.82, 2.24) is 4.90 Å². The van der Waals surface area contributed by atoms with Crippen LogP contribution in [0.25, 0.3) is 0 Å². The maximum absolute atomic E-state index is 11.9. The van der Waals surface area contributed by atoms with Crippen LogP contribution >= 0.6 is 0 Å². The van der Waals surface area contributed by atoms with Gasteiger partial charge in [-0.1, -0.05) is 135 Å². The molecule has 0 saturated heterocycles. The number of unbranched alkanes of at least 4 members (excludes halogenated alkanes) is 15. The van der Waals surface area contributed by atoms with E-state index in [2.05, 4.69) is 38.9 Å². The fraction of sp³-hybridized carbons (Fsp3) is 0.906. The van der Waals surface area contributed by atoms with Gasteiger partial charge < -0.3 is 9.64 Å². The third-order valence-electron chi connectivity index (χ3n) is 7.18. The largest absolute Gasteiger partial charge is 0.461 e. The molecule has 0 aromatic heterocycles. The van der Waals surface area contributed by atoms with E-state index >= 15 is 0 Å². The molecule has 0 aliphatic heterocycles. The minimum absolute atomic E-state index is 0.0305. The summed E-state index contributed by atoms with van der Waals surface area (Å²) in [5.41, 5.74) is 0. The Labute approximate surface area is 220 Å². The summed E-state index contributed by atoms with van der Waals surface area (Å²) >= 11 is 0. The van der Waals surface area contributed by atoms with Gasteiger partial charge in [0.15, 0.2) is 0 Å². The number of esters is 1. The van der Waals surface area contributed by atoms with Gasteiger partial charge in [0.2, 0.25) is 0 Å². The van der Waals surface area contributed by atoms with E-state index < -0.39 is 0 Å². The summed E-state index contributed by atoms with van der Waals surface area (Å²) in [6.07, 6.45) is 32.5. The van der Waals surface area contributed by atoms with Crippen LogP contribution in [-0.2, 0) is 9.53 Å². The van der Waals surface area contributed by atoms with E-state index in [1.165, 1.54) is 122 Å². The fourth-order valence-electron chi connectivity index (χ4n) is 4.76. The molecule has 1 atom stereocenters. The number of allylic oxidation sites excluding steroid dienone is 1. The molecular formula is C32H63NO2. The number of hydrogen-bond acceptors (Lipinski definition) is 3. The van der Waals surface area contributed by atoms with Gasteiger partial charge >= 0.3 is 5.97 Å². The van der Waals surface area contributed by atoms with Crippen LogP contribution < -0.4 is 0 Å². The third kappa shape index (κ3) is 27.6. The van der Waals surface area contributed by atoms with Crippen LogP contribution in [0.2, 0.25) is 0 Å². The number of nitrogens with zero attached hydrogens (tertiary/aromatic N) is 1. The Morgan fingerprint density at radius 3 is 1.74 bits per heavy atom. The Bertz CT molecular complexity index is 460. The van der Waals surface area contributed by atoms with Gasteiger partial charge in [-0.25, -0.2) is 0 Å². The SMILES string of the molecule is CCCCCCCC/C=C\COC(=O)CCCCCCC(CCCCCCCCC)CCN(C)C. The van der Waals surface area contributed by atoms with Gasteiger partial charge in [-0.3, -0.25) is 4.79 Å². The lowest BCUT2D eigenvalue weighted by atomic mass is 9.91. The summed E-state index contributed by atoms with van der Waals surface area (Å²) in [5.74, 6) is 0.846. The molecule has 0 radical (unpaired) electrons. The standard InChI is InChI=1S/C32H63NO2/c1-5-7-9-11-13-14-16-20-24-30-35-32(34)27-23-19-18-22-26-31(28-29-33(3)4)25-21-17-15-12-10-8-6-2/h20,24,31H,5-19,21-23,25-30H2,1-4H3/b24-20-. The summed E-state index contributed by atoms with van der Waals surface area (Å²) < 4.78 is 5.36. The van der Waals surface area contributed by atoms with Crippen molar-refractivity contribution in [3.63, 3.8) is 0 Å². The van der Waals surface area contributed by atoms with Crippen molar-refractivity contribution in [2.75, 3.05) is 27.2 Å². The highest BCUT2D eigenvalue weighted by molar-refractivity contribution is 5.69. The molecule has 0 N–H and O–H groups in total. The van der Waals surface area contributed by atoms with Crippen LogP contribution in [0.15, 0.2) is 12.2 Å². The van der Waals surface area contributed by atoms with Crippen molar-refractivity contribution in [2.45, 2.75) is 155 Å². The average Bonchev–Trinajstić information content (AvgIpc) is 2.84. The van der Waals surface area contributed by atoms with E-state index in [9.17, 15) is 4.79 Å². The maximum Gasteiger partial charge on any atom is 0.306 e. The molecule has 0 spiro atoms. The zero-order chi connectivity index (χ0) is 25.8. The molecule has 0 aliphatic carbocycles. The number of carbonyl (C=O) groups is 1. The van der Waals surface area contributed by atoms with E-state index in [0.29, 0.717) is 13.0 Å². The van der Waals surface area contributed by atoms with E-state index in [1.807, 2.05) is 6.08 Å². The van der Waals surface area contributed by atoms with Crippen LogP contribution in [0.5, 0.6) is 0 Å². The van der Waals surface area contributed by atoms with Crippen LogP contribution in [-0.4, -0.2) is 38.1 Å². The third-order valence-corrected chi connectivity index (χ3v) is 7.18. The Morgan fingerprint density at radius 1 is 0.657 bits per heavy atom. The first kappa shape index (κ1) is 34.2. The van der Waals surface area contributed by atoms with E-state index in [-0.39, 0.29) is 5.97 Å². The molecule has 0 bridgehead atoms. The number of carbonyl (C=O) groups excluding carboxylic acids is 1. The molecule has 0 heterocycles. The normalized spacial score (nSPS) is 12.6. The zero-order valence-electron chi connectivity index (χ0n) is 24.5. The fourth-order valence-corrected chi connectivity index (χ4v) is 4.76. The Morgan fingerprint density at radius 2 is 1.17 bits per heavy atom. The van der Waals surface area contributed by atoms with Crippen LogP contribution in [0.3, 0.4) is 0 Å². The van der Waals surface area contributed by atoms with Gasteiger partial charge in [0.05, 0.1) is 0 Å². The van der Waals surface area contributed by atoms with Crippen LogP contribution in [0.4, 0.5) is 0 Å². The maximum atomic E-state index is 11.9. The van der Waals surface area contributed by atoms with E-state index in [1.54, 1.807) is 0 Å². The lowest BCUT2D eigenvalue weighted by Crippen LogP contribution is -2.17. The predicted molar refractivity (Wildman–Crippen MR) is 155 cm³/mol. The van der Waals surface area contributed by atoms with Crippen LogP contribution in [0.1, 0.15) is 155 Å². The number of ether oxygens (including phenoxy) is 1. The first-order valence-corrected chi connectivity index (χ1v) is 15.5. The average molecular weight is 494 g/mol. The van der Waals surface area contributed by atoms with Gasteiger partial charge in [-0.15, -0.1) is 0 Å². The van der Waals surface area contributed by atoms with Gasteiger partial charge in [-0.05, 0) is 52.2 Å². The lowest BCUT2D eigenvalue weighted by molar-refractivity contribution is -0.142. The molecule has 0 rings (SSSR count). The highest BCUT2D eigenvalue weighted by Gasteiger charge is 2.09. The van der Waals surface area contributed by atoms with Crippen molar-refractivity contribution < 1.29 is 9.53 Å². The molecule has 0 aliphatic rings. The van der Waals surface area contributed by atoms with Crippen molar-refractivity contribution in [2.24, 2.45) is 5.92 Å². The molecule has 35 heavy (non-hydrogen) atoms. The quantitative estimate of drug-likeness (QED) is 0.0647. The molecule has 208 valence electrons. The smallest absolute Gasteiger partial charge is 0.306 e. The van der Waals surface area contributed by atoms with Gasteiger partial charge in [0, 0.05) is 6.42 Å². The lowest BCUT2D eigenvalue weighted by Gasteiger charge is -2.19. The highest BCUT2D eigenvalue weighted by atomic mass is 16.5. The summed E-state index contributed by atoms with van der Waals surface area (Å²) in [7, 11) is 4.38. The van der Waals surface area contributed by atoms with E-state index in [0.717, 1.165) is 25.2 Å². The molecule has 0 amide bonds. The van der Waals surface area contributed by atoms with Crippen LogP contribution in [0, 0.1) is 5.92 Å². The van der Waals surface area contributed by atoms with Crippen molar-refractivity contribution >= 4 is 5.97 Å². The Hall–Kier alpha value is -0.830. The topological polar surface area (TPSA) is 29.5 Å². The number of hydrogen-bond donors (Lipinski definition) is 0. The van der Waals surface area contributed by atoms with Gasteiger partial charge in [0.25, 0.3) is 0 Å². The zero-order valence-corrected chi connectivity index (χ0v) is 24.5. The molecule has 3 heteroatoms. The molecule has 0 fully saturated rings. The summed E-state index contributed by atoms with van der Waals surface area (Å²) in [6.45, 7) is 6.20. The molecule has 0 aromatic rings. The molecule has 0 aromatic carbocycles. The first-order chi connectivity index (χ1) is 17.1.